The Hall–Kier alpha value is 0.560. The van der Waals surface area contributed by atoms with Crippen molar-refractivity contribution >= 4 is 79.5 Å². The zero-order chi connectivity index (χ0) is 17.7. The van der Waals surface area contributed by atoms with E-state index in [1.165, 1.54) is 0 Å². The lowest BCUT2D eigenvalue weighted by molar-refractivity contribution is 0.260. The van der Waals surface area contributed by atoms with Crippen molar-refractivity contribution in [3.63, 3.8) is 0 Å². The van der Waals surface area contributed by atoms with Crippen LogP contribution in [0.1, 0.15) is 38.5 Å². The van der Waals surface area contributed by atoms with Crippen molar-refractivity contribution in [2.24, 2.45) is 5.73 Å². The molecule has 0 aromatic carbocycles. The van der Waals surface area contributed by atoms with E-state index >= 15 is 0 Å². The van der Waals surface area contributed by atoms with Gasteiger partial charge in [-0.15, -0.1) is 0 Å². The molecule has 0 fully saturated rings. The summed E-state index contributed by atoms with van der Waals surface area (Å²) >= 11 is 5.12. The molecule has 0 aliphatic rings. The molecule has 0 unspecified atom stereocenters. The second-order valence-corrected chi connectivity index (χ2v) is 8.21. The van der Waals surface area contributed by atoms with E-state index in [2.05, 4.69) is 16.0 Å². The van der Waals surface area contributed by atoms with Gasteiger partial charge in [0.25, 0.3) is 11.7 Å². The molecular formula is C13H23I3N4O3. The van der Waals surface area contributed by atoms with E-state index in [4.69, 9.17) is 5.73 Å². The summed E-state index contributed by atoms with van der Waals surface area (Å²) in [6.07, 6.45) is 4.80. The van der Waals surface area contributed by atoms with Crippen molar-refractivity contribution in [2.75, 3.05) is 19.6 Å². The maximum atomic E-state index is 10.9. The summed E-state index contributed by atoms with van der Waals surface area (Å²) in [7, 11) is 0. The van der Waals surface area contributed by atoms with Gasteiger partial charge in [-0.2, -0.15) is 0 Å². The Bertz CT molecular complexity index is 342. The Morgan fingerprint density at radius 1 is 0.696 bits per heavy atom. The number of amides is 3. The molecule has 7 nitrogen and oxygen atoms in total. The van der Waals surface area contributed by atoms with Gasteiger partial charge in [0.1, 0.15) is 0 Å². The Labute approximate surface area is 177 Å². The lowest BCUT2D eigenvalue weighted by Gasteiger charge is -2.30. The van der Waals surface area contributed by atoms with Crippen LogP contribution in [0.5, 0.6) is 0 Å². The number of hydrogen-bond acceptors (Lipinski definition) is 4. The molecule has 0 aliphatic carbocycles. The third-order valence-corrected chi connectivity index (χ3v) is 4.49. The molecule has 0 saturated heterocycles. The maximum absolute atomic E-state index is 10.9. The van der Waals surface area contributed by atoms with E-state index in [0.29, 0.717) is 19.6 Å². The van der Waals surface area contributed by atoms with E-state index < -0.39 is 0 Å². The largest absolute Gasteiger partial charge is 0.348 e. The normalized spacial score (nSPS) is 11.0. The number of nitrogens with two attached hydrogens (primary N) is 1. The molecule has 3 amide bonds. The Kier molecular flexibility index (Phi) is 14.1. The van der Waals surface area contributed by atoms with Crippen LogP contribution < -0.4 is 21.7 Å². The van der Waals surface area contributed by atoms with Crippen LogP contribution in [0.4, 0.5) is 14.4 Å². The standard InChI is InChI=1S/C13H23I3N4O3/c14-10(21)18-7-1-4-13(17,5-2-8-19-11(15)22)6-3-9-20-12(16)23/h1-9,17H2,(H,18,21)(H,19,22)(H,20,23). The first-order valence-corrected chi connectivity index (χ1v) is 10.6. The zero-order valence-electron chi connectivity index (χ0n) is 12.8. The number of carbonyl (C=O) groups is 3. The maximum Gasteiger partial charge on any atom is 0.280 e. The van der Waals surface area contributed by atoms with Gasteiger partial charge in [0, 0.05) is 92.9 Å². The van der Waals surface area contributed by atoms with Gasteiger partial charge in [-0.3, -0.25) is 14.4 Å². The fourth-order valence-corrected chi connectivity index (χ4v) is 3.07. The smallest absolute Gasteiger partial charge is 0.280 e. The third kappa shape index (κ3) is 15.8. The first-order valence-electron chi connectivity index (χ1n) is 7.34. The monoisotopic (exact) mass is 664 g/mol. The van der Waals surface area contributed by atoms with Gasteiger partial charge in [-0.25, -0.2) is 0 Å². The molecule has 0 atom stereocenters. The molecule has 10 heteroatoms. The minimum atomic E-state index is -0.345. The van der Waals surface area contributed by atoms with Crippen molar-refractivity contribution in [3.05, 3.63) is 0 Å². The molecule has 0 rings (SSSR count). The Morgan fingerprint density at radius 2 is 0.957 bits per heavy atom. The van der Waals surface area contributed by atoms with Gasteiger partial charge in [-0.1, -0.05) is 0 Å². The molecule has 0 bridgehead atoms. The lowest BCUT2D eigenvalue weighted by atomic mass is 9.85. The van der Waals surface area contributed by atoms with Crippen molar-refractivity contribution < 1.29 is 14.4 Å². The van der Waals surface area contributed by atoms with Crippen molar-refractivity contribution in [1.29, 1.82) is 0 Å². The average molecular weight is 664 g/mol. The van der Waals surface area contributed by atoms with Gasteiger partial charge < -0.3 is 21.7 Å². The third-order valence-electron chi connectivity index (χ3n) is 3.35. The molecule has 0 spiro atoms. The minimum Gasteiger partial charge on any atom is -0.348 e. The predicted molar refractivity (Wildman–Crippen MR) is 117 cm³/mol. The molecule has 5 N–H and O–H groups in total. The Balaban J connectivity index is 4.23. The number of hydrogen-bond donors (Lipinski definition) is 4. The lowest BCUT2D eigenvalue weighted by Crippen LogP contribution is -2.42. The average Bonchev–Trinajstić information content (AvgIpc) is 2.44. The SMILES string of the molecule is NC(CCCNC(=O)I)(CCCNC(=O)I)CCCNC(=O)I. The summed E-state index contributed by atoms with van der Waals surface area (Å²) in [6.45, 7) is 1.82. The van der Waals surface area contributed by atoms with Crippen LogP contribution in [-0.4, -0.2) is 36.9 Å². The first kappa shape index (κ1) is 23.6. The van der Waals surface area contributed by atoms with Crippen LogP contribution in [0.3, 0.4) is 0 Å². The molecule has 134 valence electrons. The van der Waals surface area contributed by atoms with Crippen molar-refractivity contribution in [3.8, 4) is 0 Å². The molecule has 0 radical (unpaired) electrons. The Morgan fingerprint density at radius 3 is 1.17 bits per heavy atom. The molecule has 0 aliphatic heterocycles. The van der Waals surface area contributed by atoms with Gasteiger partial charge in [0.2, 0.25) is 0 Å². The summed E-state index contributed by atoms with van der Waals surface area (Å²) < 4.78 is -0.209. The van der Waals surface area contributed by atoms with Gasteiger partial charge in [-0.05, 0) is 38.5 Å². The summed E-state index contributed by atoms with van der Waals surface area (Å²) in [6, 6.07) is 0. The molecule has 0 saturated carbocycles. The summed E-state index contributed by atoms with van der Waals surface area (Å²) in [5.74, 6) is 0. The second kappa shape index (κ2) is 13.8. The molecular weight excluding hydrogens is 641 g/mol. The first-order chi connectivity index (χ1) is 10.7. The van der Waals surface area contributed by atoms with Crippen LogP contribution in [-0.2, 0) is 0 Å². The summed E-state index contributed by atoms with van der Waals surface area (Å²) in [4.78, 5) is 32.6. The fraction of sp³-hybridized carbons (Fsp3) is 0.769. The summed E-state index contributed by atoms with van der Waals surface area (Å²) in [5, 5.41) is 8.28. The minimum absolute atomic E-state index is 0.0697. The highest BCUT2D eigenvalue weighted by molar-refractivity contribution is 14.1. The predicted octanol–water partition coefficient (Wildman–Crippen LogP) is 3.46. The topological polar surface area (TPSA) is 113 Å². The highest BCUT2D eigenvalue weighted by atomic mass is 127. The van der Waals surface area contributed by atoms with Crippen LogP contribution in [0.15, 0.2) is 0 Å². The quantitative estimate of drug-likeness (QED) is 0.111. The van der Waals surface area contributed by atoms with Gasteiger partial charge in [0.05, 0.1) is 0 Å². The van der Waals surface area contributed by atoms with Gasteiger partial charge in [0.15, 0.2) is 0 Å². The number of nitrogens with one attached hydrogen (secondary N) is 3. The van der Waals surface area contributed by atoms with E-state index in [9.17, 15) is 14.4 Å². The molecule has 0 aromatic heterocycles. The van der Waals surface area contributed by atoms with E-state index in [-0.39, 0.29) is 17.3 Å². The fourth-order valence-electron chi connectivity index (χ4n) is 2.26. The van der Waals surface area contributed by atoms with Crippen LogP contribution >= 0.6 is 67.8 Å². The van der Waals surface area contributed by atoms with E-state index in [0.717, 1.165) is 38.5 Å². The van der Waals surface area contributed by atoms with E-state index in [1.807, 2.05) is 0 Å². The second-order valence-electron chi connectivity index (χ2n) is 5.27. The zero-order valence-corrected chi connectivity index (χ0v) is 19.3. The molecule has 23 heavy (non-hydrogen) atoms. The van der Waals surface area contributed by atoms with Crippen molar-refractivity contribution in [1.82, 2.24) is 16.0 Å². The van der Waals surface area contributed by atoms with Crippen LogP contribution in [0, 0.1) is 0 Å². The molecule has 0 heterocycles. The number of halogens is 3. The number of rotatable bonds is 12. The highest BCUT2D eigenvalue weighted by Crippen LogP contribution is 2.22. The molecule has 0 aromatic rings. The highest BCUT2D eigenvalue weighted by Gasteiger charge is 2.23. The van der Waals surface area contributed by atoms with Gasteiger partial charge >= 0.3 is 0 Å². The summed E-state index contributed by atoms with van der Waals surface area (Å²) in [5.41, 5.74) is 6.16. The van der Waals surface area contributed by atoms with Crippen LogP contribution in [0.25, 0.3) is 0 Å². The van der Waals surface area contributed by atoms with Crippen molar-refractivity contribution in [2.45, 2.75) is 44.1 Å². The number of carbonyl (C=O) groups excluding carboxylic acids is 3. The van der Waals surface area contributed by atoms with E-state index in [1.54, 1.807) is 67.8 Å². The van der Waals surface area contributed by atoms with Crippen LogP contribution in [0.2, 0.25) is 0 Å².